The number of amides is 1. The molecule has 0 bridgehead atoms. The van der Waals surface area contributed by atoms with Gasteiger partial charge >= 0.3 is 0 Å². The number of carbonyl (C=O) groups excluding carboxylic acids is 1. The molecule has 110 valence electrons. The Bertz CT molecular complexity index is 671. The van der Waals surface area contributed by atoms with Crippen LogP contribution in [0.1, 0.15) is 42.2 Å². The van der Waals surface area contributed by atoms with Gasteiger partial charge in [0.2, 0.25) is 0 Å². The Kier molecular flexibility index (Phi) is 3.61. The molecular weight excluding hydrogens is 330 g/mol. The summed E-state index contributed by atoms with van der Waals surface area (Å²) in [6.07, 6.45) is 4.94. The molecule has 2 aromatic rings. The first kappa shape index (κ1) is 14.3. The molecule has 0 saturated heterocycles. The molecule has 1 aromatic carbocycles. The molecule has 0 spiro atoms. The number of hydrogen-bond donors (Lipinski definition) is 1. The zero-order chi connectivity index (χ0) is 15.0. The van der Waals surface area contributed by atoms with E-state index in [4.69, 9.17) is 0 Å². The van der Waals surface area contributed by atoms with Crippen molar-refractivity contribution in [3.8, 4) is 5.69 Å². The fraction of sp³-hybridized carbons (Fsp3) is 0.375. The standard InChI is InChI=1S/C16H18BrN3O/c1-11-14(15(21)19-16(2)8-3-9-16)10-18-20(11)13-6-4-12(17)5-7-13/h4-7,10H,3,8-9H2,1-2H3,(H,19,21). The van der Waals surface area contributed by atoms with Gasteiger partial charge in [-0.2, -0.15) is 5.10 Å². The zero-order valence-corrected chi connectivity index (χ0v) is 13.8. The maximum Gasteiger partial charge on any atom is 0.255 e. The van der Waals surface area contributed by atoms with Crippen LogP contribution in [-0.2, 0) is 0 Å². The Hall–Kier alpha value is -1.62. The molecule has 1 heterocycles. The fourth-order valence-corrected chi connectivity index (χ4v) is 2.91. The van der Waals surface area contributed by atoms with Gasteiger partial charge in [-0.1, -0.05) is 15.9 Å². The molecule has 21 heavy (non-hydrogen) atoms. The molecule has 1 N–H and O–H groups in total. The molecule has 0 aliphatic heterocycles. The third-order valence-electron chi connectivity index (χ3n) is 4.20. The van der Waals surface area contributed by atoms with Crippen molar-refractivity contribution in [3.63, 3.8) is 0 Å². The second kappa shape index (κ2) is 5.30. The van der Waals surface area contributed by atoms with Crippen molar-refractivity contribution >= 4 is 21.8 Å². The number of halogens is 1. The van der Waals surface area contributed by atoms with Crippen LogP contribution in [0.4, 0.5) is 0 Å². The van der Waals surface area contributed by atoms with Crippen LogP contribution in [-0.4, -0.2) is 21.2 Å². The van der Waals surface area contributed by atoms with E-state index in [1.807, 2.05) is 31.2 Å². The molecule has 5 heteroatoms. The first-order valence-corrected chi connectivity index (χ1v) is 7.91. The summed E-state index contributed by atoms with van der Waals surface area (Å²) in [6, 6.07) is 7.87. The van der Waals surface area contributed by atoms with Crippen LogP contribution in [0, 0.1) is 6.92 Å². The maximum absolute atomic E-state index is 12.4. The highest BCUT2D eigenvalue weighted by Crippen LogP contribution is 2.31. The van der Waals surface area contributed by atoms with Gasteiger partial charge in [0.25, 0.3) is 5.91 Å². The van der Waals surface area contributed by atoms with Crippen LogP contribution in [0.2, 0.25) is 0 Å². The lowest BCUT2D eigenvalue weighted by molar-refractivity contribution is 0.0850. The van der Waals surface area contributed by atoms with Crippen molar-refractivity contribution in [1.82, 2.24) is 15.1 Å². The molecule has 1 aliphatic carbocycles. The van der Waals surface area contributed by atoms with Crippen LogP contribution >= 0.6 is 15.9 Å². The number of nitrogens with zero attached hydrogens (tertiary/aromatic N) is 2. The lowest BCUT2D eigenvalue weighted by Crippen LogP contribution is -2.51. The summed E-state index contributed by atoms with van der Waals surface area (Å²) in [5, 5.41) is 7.48. The molecule has 0 radical (unpaired) electrons. The molecular formula is C16H18BrN3O. The molecule has 1 aliphatic rings. The molecule has 1 fully saturated rings. The minimum absolute atomic E-state index is 0.0296. The van der Waals surface area contributed by atoms with E-state index >= 15 is 0 Å². The first-order valence-electron chi connectivity index (χ1n) is 7.12. The topological polar surface area (TPSA) is 46.9 Å². The lowest BCUT2D eigenvalue weighted by Gasteiger charge is -2.39. The average Bonchev–Trinajstić information content (AvgIpc) is 2.80. The van der Waals surface area contributed by atoms with E-state index < -0.39 is 0 Å². The Morgan fingerprint density at radius 3 is 2.57 bits per heavy atom. The van der Waals surface area contributed by atoms with E-state index in [0.29, 0.717) is 5.56 Å². The molecule has 1 amide bonds. The summed E-state index contributed by atoms with van der Waals surface area (Å²) in [6.45, 7) is 4.02. The summed E-state index contributed by atoms with van der Waals surface area (Å²) in [7, 11) is 0. The van der Waals surface area contributed by atoms with Crippen LogP contribution in [0.15, 0.2) is 34.9 Å². The molecule has 0 unspecified atom stereocenters. The van der Waals surface area contributed by atoms with E-state index in [2.05, 4.69) is 33.3 Å². The van der Waals surface area contributed by atoms with Crippen molar-refractivity contribution in [1.29, 1.82) is 0 Å². The Balaban J connectivity index is 1.85. The highest BCUT2D eigenvalue weighted by atomic mass is 79.9. The van der Waals surface area contributed by atoms with Crippen LogP contribution in [0.3, 0.4) is 0 Å². The van der Waals surface area contributed by atoms with Crippen LogP contribution in [0.5, 0.6) is 0 Å². The predicted octanol–water partition coefficient (Wildman–Crippen LogP) is 3.62. The summed E-state index contributed by atoms with van der Waals surface area (Å²) < 4.78 is 2.82. The minimum Gasteiger partial charge on any atom is -0.347 e. The van der Waals surface area contributed by atoms with Crippen LogP contribution in [0.25, 0.3) is 5.69 Å². The largest absolute Gasteiger partial charge is 0.347 e. The molecule has 0 atom stereocenters. The molecule has 4 nitrogen and oxygen atoms in total. The summed E-state index contributed by atoms with van der Waals surface area (Å²) in [5.74, 6) is -0.0296. The third kappa shape index (κ3) is 2.75. The van der Waals surface area contributed by atoms with Crippen molar-refractivity contribution < 1.29 is 4.79 Å². The molecule has 3 rings (SSSR count). The average molecular weight is 348 g/mol. The lowest BCUT2D eigenvalue weighted by atomic mass is 9.78. The number of rotatable bonds is 3. The van der Waals surface area contributed by atoms with Crippen molar-refractivity contribution in [2.75, 3.05) is 0 Å². The van der Waals surface area contributed by atoms with Gasteiger partial charge in [0.15, 0.2) is 0 Å². The van der Waals surface area contributed by atoms with Crippen molar-refractivity contribution in [2.45, 2.75) is 38.6 Å². The van der Waals surface area contributed by atoms with Gasteiger partial charge in [-0.25, -0.2) is 4.68 Å². The van der Waals surface area contributed by atoms with Gasteiger partial charge < -0.3 is 5.32 Å². The van der Waals surface area contributed by atoms with E-state index in [1.165, 1.54) is 6.42 Å². The quantitative estimate of drug-likeness (QED) is 0.921. The number of nitrogens with one attached hydrogen (secondary N) is 1. The first-order chi connectivity index (χ1) is 9.98. The van der Waals surface area contributed by atoms with E-state index in [-0.39, 0.29) is 11.4 Å². The van der Waals surface area contributed by atoms with Crippen molar-refractivity contribution in [3.05, 3.63) is 46.2 Å². The highest BCUT2D eigenvalue weighted by Gasteiger charge is 2.34. The third-order valence-corrected chi connectivity index (χ3v) is 4.73. The second-order valence-electron chi connectivity index (χ2n) is 5.90. The van der Waals surface area contributed by atoms with Gasteiger partial charge in [-0.3, -0.25) is 4.79 Å². The number of hydrogen-bond acceptors (Lipinski definition) is 2. The van der Waals surface area contributed by atoms with Crippen LogP contribution < -0.4 is 5.32 Å². The predicted molar refractivity (Wildman–Crippen MR) is 85.7 cm³/mol. The summed E-state index contributed by atoms with van der Waals surface area (Å²) >= 11 is 3.42. The highest BCUT2D eigenvalue weighted by molar-refractivity contribution is 9.10. The number of carbonyl (C=O) groups is 1. The van der Waals surface area contributed by atoms with Gasteiger partial charge in [0.05, 0.1) is 23.1 Å². The SMILES string of the molecule is Cc1c(C(=O)NC2(C)CCC2)cnn1-c1ccc(Br)cc1. The van der Waals surface area contributed by atoms with Crippen molar-refractivity contribution in [2.24, 2.45) is 0 Å². The smallest absolute Gasteiger partial charge is 0.255 e. The summed E-state index contributed by atoms with van der Waals surface area (Å²) in [4.78, 5) is 12.4. The summed E-state index contributed by atoms with van der Waals surface area (Å²) in [5.41, 5.74) is 2.41. The molecule has 1 aromatic heterocycles. The van der Waals surface area contributed by atoms with Gasteiger partial charge in [0, 0.05) is 10.0 Å². The molecule has 1 saturated carbocycles. The van der Waals surface area contributed by atoms with Gasteiger partial charge in [0.1, 0.15) is 0 Å². The monoisotopic (exact) mass is 347 g/mol. The Morgan fingerprint density at radius 2 is 2.00 bits per heavy atom. The normalized spacial score (nSPS) is 16.3. The van der Waals surface area contributed by atoms with E-state index in [1.54, 1.807) is 10.9 Å². The Morgan fingerprint density at radius 1 is 1.33 bits per heavy atom. The van der Waals surface area contributed by atoms with E-state index in [9.17, 15) is 4.79 Å². The number of benzene rings is 1. The van der Waals surface area contributed by atoms with E-state index in [0.717, 1.165) is 28.7 Å². The fourth-order valence-electron chi connectivity index (χ4n) is 2.65. The second-order valence-corrected chi connectivity index (χ2v) is 6.82. The van der Waals surface area contributed by atoms with Gasteiger partial charge in [-0.05, 0) is 57.4 Å². The number of aromatic nitrogens is 2. The zero-order valence-electron chi connectivity index (χ0n) is 12.2. The minimum atomic E-state index is -0.0385. The van der Waals surface area contributed by atoms with Gasteiger partial charge in [-0.15, -0.1) is 0 Å². The maximum atomic E-state index is 12.4. The Labute approximate surface area is 132 Å².